The predicted molar refractivity (Wildman–Crippen MR) is 64.3 cm³/mol. The number of rotatable bonds is 4. The first-order chi connectivity index (χ1) is 9.88. The van der Waals surface area contributed by atoms with Crippen molar-refractivity contribution < 1.29 is 28.3 Å². The first-order valence-electron chi connectivity index (χ1n) is 5.40. The van der Waals surface area contributed by atoms with Gasteiger partial charge in [-0.05, 0) is 6.07 Å². The molecule has 1 aromatic heterocycles. The number of aromatic nitrogens is 1. The van der Waals surface area contributed by atoms with E-state index >= 15 is 0 Å². The second-order valence-corrected chi connectivity index (χ2v) is 3.76. The summed E-state index contributed by atoms with van der Waals surface area (Å²) in [6.07, 6.45) is 0. The molecular formula is C12H6F2N2O5. The van der Waals surface area contributed by atoms with Gasteiger partial charge in [0.25, 0.3) is 0 Å². The minimum Gasteiger partial charge on any atom is -0.477 e. The highest BCUT2D eigenvalue weighted by Gasteiger charge is 2.20. The summed E-state index contributed by atoms with van der Waals surface area (Å²) in [6.45, 7) is 0. The Labute approximate surface area is 115 Å². The van der Waals surface area contributed by atoms with Crippen molar-refractivity contribution in [3.05, 3.63) is 57.8 Å². The number of hydrogen-bond acceptors (Lipinski definition) is 5. The lowest BCUT2D eigenvalue weighted by Crippen LogP contribution is -2.02. The lowest BCUT2D eigenvalue weighted by atomic mass is 10.3. The van der Waals surface area contributed by atoms with Crippen LogP contribution in [0.25, 0.3) is 0 Å². The van der Waals surface area contributed by atoms with Crippen LogP contribution in [0.4, 0.5) is 14.5 Å². The number of nitro groups is 1. The number of ether oxygens (including phenoxy) is 1. The first kappa shape index (κ1) is 14.3. The number of aromatic carboxylic acids is 1. The second kappa shape index (κ2) is 5.49. The molecule has 1 aromatic carbocycles. The van der Waals surface area contributed by atoms with Gasteiger partial charge < -0.3 is 9.84 Å². The van der Waals surface area contributed by atoms with Gasteiger partial charge in [0.05, 0.1) is 11.0 Å². The molecule has 7 nitrogen and oxygen atoms in total. The van der Waals surface area contributed by atoms with Crippen molar-refractivity contribution in [2.24, 2.45) is 0 Å². The third-order valence-electron chi connectivity index (χ3n) is 2.36. The first-order valence-corrected chi connectivity index (χ1v) is 5.40. The fraction of sp³-hybridized carbons (Fsp3) is 0. The van der Waals surface area contributed by atoms with Gasteiger partial charge >= 0.3 is 11.7 Å². The average Bonchev–Trinajstić information content (AvgIpc) is 2.42. The molecule has 0 spiro atoms. The van der Waals surface area contributed by atoms with Gasteiger partial charge in [-0.2, -0.15) is 4.39 Å². The zero-order valence-corrected chi connectivity index (χ0v) is 10.1. The molecular weight excluding hydrogens is 290 g/mol. The van der Waals surface area contributed by atoms with E-state index in [1.807, 2.05) is 0 Å². The van der Waals surface area contributed by atoms with E-state index in [2.05, 4.69) is 4.98 Å². The number of nitrogens with zero attached hydrogens (tertiary/aromatic N) is 2. The predicted octanol–water partition coefficient (Wildman–Crippen LogP) is 2.76. The molecule has 0 aliphatic rings. The van der Waals surface area contributed by atoms with Crippen molar-refractivity contribution in [1.82, 2.24) is 4.98 Å². The maximum atomic E-state index is 13.6. The number of halogens is 2. The van der Waals surface area contributed by atoms with E-state index in [-0.39, 0.29) is 11.6 Å². The van der Waals surface area contributed by atoms with Crippen LogP contribution in [0, 0.1) is 21.7 Å². The fourth-order valence-corrected chi connectivity index (χ4v) is 1.44. The number of hydrogen-bond donors (Lipinski definition) is 1. The maximum Gasteiger partial charge on any atom is 0.354 e. The molecule has 0 fully saturated rings. The Kier molecular flexibility index (Phi) is 3.74. The van der Waals surface area contributed by atoms with Gasteiger partial charge in [0.15, 0.2) is 17.3 Å². The van der Waals surface area contributed by atoms with Gasteiger partial charge in [0, 0.05) is 12.1 Å². The van der Waals surface area contributed by atoms with Crippen molar-refractivity contribution in [2.45, 2.75) is 0 Å². The van der Waals surface area contributed by atoms with Crippen LogP contribution in [0.1, 0.15) is 10.5 Å². The zero-order chi connectivity index (χ0) is 15.6. The van der Waals surface area contributed by atoms with Crippen LogP contribution in [0.15, 0.2) is 30.3 Å². The molecule has 0 amide bonds. The summed E-state index contributed by atoms with van der Waals surface area (Å²) in [6, 6.07) is 4.56. The Morgan fingerprint density at radius 2 is 2.00 bits per heavy atom. The molecule has 9 heteroatoms. The summed E-state index contributed by atoms with van der Waals surface area (Å²) in [5.74, 6) is -4.72. The van der Waals surface area contributed by atoms with Crippen molar-refractivity contribution in [3.8, 4) is 11.6 Å². The molecule has 0 unspecified atom stereocenters. The van der Waals surface area contributed by atoms with Crippen LogP contribution in [0.2, 0.25) is 0 Å². The molecule has 0 radical (unpaired) electrons. The largest absolute Gasteiger partial charge is 0.477 e. The van der Waals surface area contributed by atoms with Gasteiger partial charge in [0.1, 0.15) is 0 Å². The molecule has 108 valence electrons. The summed E-state index contributed by atoms with van der Waals surface area (Å²) in [7, 11) is 0. The molecule has 0 aliphatic heterocycles. The molecule has 0 saturated carbocycles. The summed E-state index contributed by atoms with van der Waals surface area (Å²) in [5, 5.41) is 19.2. The number of pyridine rings is 1. The molecule has 0 atom stereocenters. The highest BCUT2D eigenvalue weighted by atomic mass is 19.1. The minimum atomic E-state index is -1.32. The van der Waals surface area contributed by atoms with Crippen LogP contribution < -0.4 is 4.74 Å². The van der Waals surface area contributed by atoms with E-state index in [1.54, 1.807) is 0 Å². The van der Waals surface area contributed by atoms with E-state index < -0.39 is 34.0 Å². The Bertz CT molecular complexity index is 736. The summed E-state index contributed by atoms with van der Waals surface area (Å²) in [4.78, 5) is 23.6. The lowest BCUT2D eigenvalue weighted by Gasteiger charge is -2.06. The van der Waals surface area contributed by atoms with Crippen molar-refractivity contribution in [3.63, 3.8) is 0 Å². The van der Waals surface area contributed by atoms with E-state index in [0.717, 1.165) is 0 Å². The number of nitro benzene ring substituents is 1. The van der Waals surface area contributed by atoms with Gasteiger partial charge in [-0.1, -0.05) is 6.07 Å². The van der Waals surface area contributed by atoms with E-state index in [1.165, 1.54) is 18.2 Å². The second-order valence-electron chi connectivity index (χ2n) is 3.76. The monoisotopic (exact) mass is 296 g/mol. The van der Waals surface area contributed by atoms with Crippen LogP contribution in [-0.4, -0.2) is 21.0 Å². The Morgan fingerprint density at radius 1 is 1.29 bits per heavy atom. The summed E-state index contributed by atoms with van der Waals surface area (Å²) >= 11 is 0. The number of benzene rings is 1. The van der Waals surface area contributed by atoms with Crippen LogP contribution in [-0.2, 0) is 0 Å². The zero-order valence-electron chi connectivity index (χ0n) is 10.1. The van der Waals surface area contributed by atoms with Crippen molar-refractivity contribution in [1.29, 1.82) is 0 Å². The summed E-state index contributed by atoms with van der Waals surface area (Å²) in [5.41, 5.74) is -1.39. The molecule has 0 aliphatic carbocycles. The Balaban J connectivity index is 2.36. The lowest BCUT2D eigenvalue weighted by molar-refractivity contribution is -0.387. The normalized spacial score (nSPS) is 10.2. The van der Waals surface area contributed by atoms with Crippen LogP contribution >= 0.6 is 0 Å². The average molecular weight is 296 g/mol. The van der Waals surface area contributed by atoms with Gasteiger partial charge in [-0.15, -0.1) is 0 Å². The molecule has 2 aromatic rings. The fourth-order valence-electron chi connectivity index (χ4n) is 1.44. The third kappa shape index (κ3) is 3.08. The van der Waals surface area contributed by atoms with Crippen molar-refractivity contribution >= 4 is 11.7 Å². The third-order valence-corrected chi connectivity index (χ3v) is 2.36. The Hall–Kier alpha value is -3.10. The van der Waals surface area contributed by atoms with Gasteiger partial charge in [-0.3, -0.25) is 10.1 Å². The molecule has 1 N–H and O–H groups in total. The minimum absolute atomic E-state index is 0.290. The van der Waals surface area contributed by atoms with E-state index in [9.17, 15) is 23.7 Å². The van der Waals surface area contributed by atoms with Crippen LogP contribution in [0.3, 0.4) is 0 Å². The molecule has 0 bridgehead atoms. The highest BCUT2D eigenvalue weighted by molar-refractivity contribution is 5.85. The quantitative estimate of drug-likeness (QED) is 0.687. The number of carbonyl (C=O) groups is 1. The van der Waals surface area contributed by atoms with E-state index in [0.29, 0.717) is 12.1 Å². The molecule has 1 heterocycles. The highest BCUT2D eigenvalue weighted by Crippen LogP contribution is 2.29. The molecule has 2 rings (SSSR count). The maximum absolute atomic E-state index is 13.6. The van der Waals surface area contributed by atoms with Crippen molar-refractivity contribution in [2.75, 3.05) is 0 Å². The number of carboxylic acid groups (broad SMARTS) is 1. The van der Waals surface area contributed by atoms with E-state index in [4.69, 9.17) is 9.84 Å². The van der Waals surface area contributed by atoms with Gasteiger partial charge in [0.2, 0.25) is 11.7 Å². The summed E-state index contributed by atoms with van der Waals surface area (Å²) < 4.78 is 31.9. The number of carboxylic acids is 1. The topological polar surface area (TPSA) is 103 Å². The Morgan fingerprint density at radius 3 is 2.62 bits per heavy atom. The van der Waals surface area contributed by atoms with Gasteiger partial charge in [-0.25, -0.2) is 14.2 Å². The van der Waals surface area contributed by atoms with Crippen LogP contribution in [0.5, 0.6) is 11.6 Å². The SMILES string of the molecule is O=C(O)c1cccc(Oc2cc(F)c([N+](=O)[O-])cc2F)n1. The standard InChI is InChI=1S/C12H6F2N2O5/c13-6-5-10(7(14)4-9(6)16(19)20)21-11-3-1-2-8(15-11)12(17)18/h1-5H,(H,17,18). The molecule has 0 saturated heterocycles. The molecule has 21 heavy (non-hydrogen) atoms. The smallest absolute Gasteiger partial charge is 0.354 e.